The number of hydrogen-bond acceptors (Lipinski definition) is 5. The summed E-state index contributed by atoms with van der Waals surface area (Å²) in [5.41, 5.74) is 8.25. The lowest BCUT2D eigenvalue weighted by molar-refractivity contribution is -0.152. The first-order valence-corrected chi connectivity index (χ1v) is 4.37. The molecule has 0 amide bonds. The summed E-state index contributed by atoms with van der Waals surface area (Å²) in [5.74, 6) is -2.12. The SMILES string of the molecule is CCCCOC(=O)CC(N)(N)C(=O)O. The third-order valence-corrected chi connectivity index (χ3v) is 1.60. The van der Waals surface area contributed by atoms with E-state index >= 15 is 0 Å². The molecular formula is C8H16N2O4. The lowest BCUT2D eigenvalue weighted by Crippen LogP contribution is -2.57. The van der Waals surface area contributed by atoms with Gasteiger partial charge < -0.3 is 21.3 Å². The van der Waals surface area contributed by atoms with Crippen LogP contribution in [0.1, 0.15) is 26.2 Å². The van der Waals surface area contributed by atoms with Gasteiger partial charge in [-0.25, -0.2) is 4.79 Å². The van der Waals surface area contributed by atoms with Crippen molar-refractivity contribution < 1.29 is 19.4 Å². The van der Waals surface area contributed by atoms with Crippen molar-refractivity contribution in [1.82, 2.24) is 0 Å². The summed E-state index contributed by atoms with van der Waals surface area (Å²) >= 11 is 0. The summed E-state index contributed by atoms with van der Waals surface area (Å²) in [6.07, 6.45) is 1.11. The molecule has 0 aromatic carbocycles. The highest BCUT2D eigenvalue weighted by Crippen LogP contribution is 2.01. The number of unbranched alkanes of at least 4 members (excludes halogenated alkanes) is 1. The van der Waals surface area contributed by atoms with Crippen LogP contribution in [0.3, 0.4) is 0 Å². The van der Waals surface area contributed by atoms with Crippen molar-refractivity contribution in [2.75, 3.05) is 6.61 Å². The molecule has 0 saturated heterocycles. The third kappa shape index (κ3) is 4.78. The molecule has 0 bridgehead atoms. The number of carbonyl (C=O) groups is 2. The van der Waals surface area contributed by atoms with E-state index in [2.05, 4.69) is 0 Å². The molecule has 0 aliphatic heterocycles. The first kappa shape index (κ1) is 12.9. The number of carboxylic acid groups (broad SMARTS) is 1. The van der Waals surface area contributed by atoms with Gasteiger partial charge in [-0.2, -0.15) is 0 Å². The molecule has 0 aliphatic rings. The largest absolute Gasteiger partial charge is 0.479 e. The molecule has 5 N–H and O–H groups in total. The van der Waals surface area contributed by atoms with Gasteiger partial charge in [0.25, 0.3) is 0 Å². The van der Waals surface area contributed by atoms with Gasteiger partial charge in [0.05, 0.1) is 13.0 Å². The van der Waals surface area contributed by atoms with E-state index in [4.69, 9.17) is 21.3 Å². The Morgan fingerprint density at radius 3 is 2.43 bits per heavy atom. The summed E-state index contributed by atoms with van der Waals surface area (Å²) < 4.78 is 4.71. The summed E-state index contributed by atoms with van der Waals surface area (Å²) in [7, 11) is 0. The van der Waals surface area contributed by atoms with Crippen molar-refractivity contribution >= 4 is 11.9 Å². The van der Waals surface area contributed by atoms with E-state index in [-0.39, 0.29) is 6.61 Å². The molecule has 0 fully saturated rings. The van der Waals surface area contributed by atoms with Crippen molar-refractivity contribution in [3.8, 4) is 0 Å². The number of aliphatic carboxylic acids is 1. The molecule has 0 unspecified atom stereocenters. The van der Waals surface area contributed by atoms with Crippen molar-refractivity contribution in [3.63, 3.8) is 0 Å². The van der Waals surface area contributed by atoms with Crippen LogP contribution in [-0.2, 0) is 14.3 Å². The average Bonchev–Trinajstić information content (AvgIpc) is 2.03. The Morgan fingerprint density at radius 2 is 2.00 bits per heavy atom. The second-order valence-corrected chi connectivity index (χ2v) is 3.10. The maximum absolute atomic E-state index is 11.0. The van der Waals surface area contributed by atoms with E-state index in [0.717, 1.165) is 12.8 Å². The summed E-state index contributed by atoms with van der Waals surface area (Å²) in [5, 5.41) is 8.50. The van der Waals surface area contributed by atoms with Gasteiger partial charge in [0.1, 0.15) is 0 Å². The number of rotatable bonds is 6. The van der Waals surface area contributed by atoms with Crippen LogP contribution in [0, 0.1) is 0 Å². The Hall–Kier alpha value is -1.14. The zero-order valence-corrected chi connectivity index (χ0v) is 8.16. The van der Waals surface area contributed by atoms with E-state index in [1.165, 1.54) is 0 Å². The lowest BCUT2D eigenvalue weighted by atomic mass is 10.1. The van der Waals surface area contributed by atoms with Gasteiger partial charge in [-0.05, 0) is 6.42 Å². The van der Waals surface area contributed by atoms with Crippen LogP contribution in [0.2, 0.25) is 0 Å². The Labute approximate surface area is 82.2 Å². The maximum Gasteiger partial charge on any atom is 0.339 e. The number of ether oxygens (including phenoxy) is 1. The second kappa shape index (κ2) is 5.56. The van der Waals surface area contributed by atoms with E-state index < -0.39 is 24.0 Å². The fraction of sp³-hybridized carbons (Fsp3) is 0.750. The molecule has 0 aliphatic carbocycles. The van der Waals surface area contributed by atoms with Crippen LogP contribution in [0.5, 0.6) is 0 Å². The normalized spacial score (nSPS) is 11.1. The summed E-state index contributed by atoms with van der Waals surface area (Å²) in [6.45, 7) is 2.21. The van der Waals surface area contributed by atoms with Crippen molar-refractivity contribution in [3.05, 3.63) is 0 Å². The van der Waals surface area contributed by atoms with Crippen molar-refractivity contribution in [1.29, 1.82) is 0 Å². The van der Waals surface area contributed by atoms with Gasteiger partial charge in [-0.3, -0.25) is 4.79 Å². The highest BCUT2D eigenvalue weighted by Gasteiger charge is 2.32. The molecule has 0 aromatic heterocycles. The van der Waals surface area contributed by atoms with Gasteiger partial charge in [0.2, 0.25) is 0 Å². The zero-order chi connectivity index (χ0) is 11.2. The van der Waals surface area contributed by atoms with Crippen LogP contribution in [0.4, 0.5) is 0 Å². The molecule has 0 spiro atoms. The first-order chi connectivity index (χ1) is 6.40. The predicted octanol–water partition coefficient (Wildman–Crippen LogP) is -0.582. The van der Waals surface area contributed by atoms with Crippen LogP contribution in [0.25, 0.3) is 0 Å². The fourth-order valence-corrected chi connectivity index (χ4v) is 0.696. The highest BCUT2D eigenvalue weighted by atomic mass is 16.5. The number of nitrogens with two attached hydrogens (primary N) is 2. The van der Waals surface area contributed by atoms with Gasteiger partial charge in [-0.15, -0.1) is 0 Å². The van der Waals surface area contributed by atoms with Crippen LogP contribution >= 0.6 is 0 Å². The van der Waals surface area contributed by atoms with Crippen LogP contribution < -0.4 is 11.5 Å². The molecule has 0 radical (unpaired) electrons. The van der Waals surface area contributed by atoms with Gasteiger partial charge in [0.15, 0.2) is 5.66 Å². The zero-order valence-electron chi connectivity index (χ0n) is 8.16. The van der Waals surface area contributed by atoms with Crippen molar-refractivity contribution in [2.45, 2.75) is 31.8 Å². The smallest absolute Gasteiger partial charge is 0.339 e. The van der Waals surface area contributed by atoms with Gasteiger partial charge in [-0.1, -0.05) is 13.3 Å². The number of carboxylic acids is 1. The van der Waals surface area contributed by atoms with E-state index in [0.29, 0.717) is 0 Å². The molecule has 6 heteroatoms. The minimum atomic E-state index is -2.04. The predicted molar refractivity (Wildman–Crippen MR) is 49.2 cm³/mol. The summed E-state index contributed by atoms with van der Waals surface area (Å²) in [4.78, 5) is 21.4. The molecule has 82 valence electrons. The van der Waals surface area contributed by atoms with Crippen molar-refractivity contribution in [2.24, 2.45) is 11.5 Å². The molecule has 6 nitrogen and oxygen atoms in total. The molecule has 0 saturated carbocycles. The number of carbonyl (C=O) groups excluding carboxylic acids is 1. The Bertz CT molecular complexity index is 215. The first-order valence-electron chi connectivity index (χ1n) is 4.37. The number of hydrogen-bond donors (Lipinski definition) is 3. The van der Waals surface area contributed by atoms with E-state index in [1.807, 2.05) is 6.92 Å². The quantitative estimate of drug-likeness (QED) is 0.303. The Kier molecular flexibility index (Phi) is 5.11. The monoisotopic (exact) mass is 204 g/mol. The van der Waals surface area contributed by atoms with E-state index in [9.17, 15) is 9.59 Å². The maximum atomic E-state index is 11.0. The Balaban J connectivity index is 3.88. The minimum absolute atomic E-state index is 0.269. The second-order valence-electron chi connectivity index (χ2n) is 3.10. The van der Waals surface area contributed by atoms with Crippen LogP contribution in [-0.4, -0.2) is 29.3 Å². The lowest BCUT2D eigenvalue weighted by Gasteiger charge is -2.17. The standard InChI is InChI=1S/C8H16N2O4/c1-2-3-4-14-6(11)5-8(9,10)7(12)13/h2-5,9-10H2,1H3,(H,12,13). The molecule has 0 aromatic rings. The highest BCUT2D eigenvalue weighted by molar-refractivity contribution is 5.84. The van der Waals surface area contributed by atoms with Gasteiger partial charge in [0, 0.05) is 0 Å². The summed E-state index contributed by atoms with van der Waals surface area (Å²) in [6, 6.07) is 0. The molecule has 0 atom stereocenters. The van der Waals surface area contributed by atoms with Crippen LogP contribution in [0.15, 0.2) is 0 Å². The molecular weight excluding hydrogens is 188 g/mol. The molecule has 14 heavy (non-hydrogen) atoms. The fourth-order valence-electron chi connectivity index (χ4n) is 0.696. The van der Waals surface area contributed by atoms with E-state index in [1.54, 1.807) is 0 Å². The van der Waals surface area contributed by atoms with Gasteiger partial charge >= 0.3 is 11.9 Å². The molecule has 0 rings (SSSR count). The minimum Gasteiger partial charge on any atom is -0.479 e. The Morgan fingerprint density at radius 1 is 1.43 bits per heavy atom. The molecule has 0 heterocycles. The number of esters is 1. The topological polar surface area (TPSA) is 116 Å². The third-order valence-electron chi connectivity index (χ3n) is 1.60. The average molecular weight is 204 g/mol.